The molecule has 90 valence electrons. The minimum atomic E-state index is 0.560. The molecule has 3 nitrogen and oxygen atoms in total. The minimum Gasteiger partial charge on any atom is -0.340 e. The number of aromatic nitrogens is 1. The van der Waals surface area contributed by atoms with Gasteiger partial charge in [0, 0.05) is 16.4 Å². The van der Waals surface area contributed by atoms with Crippen LogP contribution in [0.15, 0.2) is 34.9 Å². The molecule has 1 heterocycles. The number of benzene rings is 1. The predicted molar refractivity (Wildman–Crippen MR) is 75.9 cm³/mol. The van der Waals surface area contributed by atoms with Crippen molar-refractivity contribution in [2.45, 2.75) is 13.8 Å². The molecular weight excluding hydrogens is 290 g/mol. The van der Waals surface area contributed by atoms with Gasteiger partial charge in [0.25, 0.3) is 0 Å². The molecule has 0 unspecified atom stereocenters. The van der Waals surface area contributed by atoms with Crippen molar-refractivity contribution in [1.29, 1.82) is 5.26 Å². The van der Waals surface area contributed by atoms with Crippen LogP contribution in [0, 0.1) is 25.2 Å². The van der Waals surface area contributed by atoms with Crippen molar-refractivity contribution in [3.05, 3.63) is 51.6 Å². The fraction of sp³-hybridized carbons (Fsp3) is 0.143. The van der Waals surface area contributed by atoms with E-state index in [0.29, 0.717) is 5.56 Å². The molecule has 0 atom stereocenters. The highest BCUT2D eigenvalue weighted by Crippen LogP contribution is 2.27. The van der Waals surface area contributed by atoms with Crippen LogP contribution in [0.25, 0.3) is 0 Å². The average Bonchev–Trinajstić information content (AvgIpc) is 2.34. The molecule has 2 aromatic rings. The maximum absolute atomic E-state index is 8.72. The summed E-state index contributed by atoms with van der Waals surface area (Å²) >= 11 is 3.47. The molecule has 0 saturated carbocycles. The lowest BCUT2D eigenvalue weighted by molar-refractivity contribution is 1.26. The number of halogens is 1. The number of nitrogens with one attached hydrogen (secondary N) is 1. The molecule has 0 aliphatic carbocycles. The molecule has 1 aromatic heterocycles. The van der Waals surface area contributed by atoms with Crippen molar-refractivity contribution < 1.29 is 0 Å². The van der Waals surface area contributed by atoms with E-state index in [0.717, 1.165) is 27.1 Å². The van der Waals surface area contributed by atoms with Crippen molar-refractivity contribution in [1.82, 2.24) is 4.98 Å². The van der Waals surface area contributed by atoms with Gasteiger partial charge in [0.1, 0.15) is 11.9 Å². The number of hydrogen-bond donors (Lipinski definition) is 1. The number of hydrogen-bond acceptors (Lipinski definition) is 3. The highest BCUT2D eigenvalue weighted by atomic mass is 79.9. The highest BCUT2D eigenvalue weighted by molar-refractivity contribution is 9.10. The molecule has 0 bridgehead atoms. The van der Waals surface area contributed by atoms with Gasteiger partial charge in [-0.3, -0.25) is 0 Å². The van der Waals surface area contributed by atoms with E-state index < -0.39 is 0 Å². The SMILES string of the molecule is Cc1cc(Br)cc(C)c1Nc1ccc(C#N)cn1. The number of rotatable bonds is 2. The zero-order chi connectivity index (χ0) is 13.1. The van der Waals surface area contributed by atoms with E-state index in [4.69, 9.17) is 5.26 Å². The predicted octanol–water partition coefficient (Wildman–Crippen LogP) is 4.08. The molecule has 1 N–H and O–H groups in total. The van der Waals surface area contributed by atoms with Gasteiger partial charge in [-0.25, -0.2) is 4.98 Å². The monoisotopic (exact) mass is 301 g/mol. The third-order valence-electron chi connectivity index (χ3n) is 2.64. The molecule has 18 heavy (non-hydrogen) atoms. The standard InChI is InChI=1S/C14H12BrN3/c1-9-5-12(15)6-10(2)14(9)18-13-4-3-11(7-16)8-17-13/h3-6,8H,1-2H3,(H,17,18). The number of nitriles is 1. The van der Waals surface area contributed by atoms with Crippen molar-refractivity contribution in [3.8, 4) is 6.07 Å². The van der Waals surface area contributed by atoms with Gasteiger partial charge < -0.3 is 5.32 Å². The van der Waals surface area contributed by atoms with E-state index in [9.17, 15) is 0 Å². The van der Waals surface area contributed by atoms with Crippen LogP contribution in [0.3, 0.4) is 0 Å². The molecule has 0 spiro atoms. The second-order valence-corrected chi connectivity index (χ2v) is 5.00. The van der Waals surface area contributed by atoms with Gasteiger partial charge in [-0.05, 0) is 49.2 Å². The normalized spacial score (nSPS) is 9.89. The Hall–Kier alpha value is -1.86. The molecule has 0 amide bonds. The summed E-state index contributed by atoms with van der Waals surface area (Å²) in [6, 6.07) is 9.71. The Balaban J connectivity index is 2.31. The summed E-state index contributed by atoms with van der Waals surface area (Å²) < 4.78 is 1.07. The fourth-order valence-electron chi connectivity index (χ4n) is 1.77. The molecule has 0 aliphatic rings. The number of nitrogens with zero attached hydrogens (tertiary/aromatic N) is 2. The zero-order valence-electron chi connectivity index (χ0n) is 10.2. The Bertz CT molecular complexity index is 589. The summed E-state index contributed by atoms with van der Waals surface area (Å²) in [7, 11) is 0. The van der Waals surface area contributed by atoms with Gasteiger partial charge in [-0.1, -0.05) is 15.9 Å². The van der Waals surface area contributed by atoms with Crippen molar-refractivity contribution in [3.63, 3.8) is 0 Å². The van der Waals surface area contributed by atoms with Crippen LogP contribution in [-0.4, -0.2) is 4.98 Å². The number of pyridine rings is 1. The summed E-state index contributed by atoms with van der Waals surface area (Å²) in [5, 5.41) is 12.0. The Morgan fingerprint density at radius 1 is 1.22 bits per heavy atom. The number of anilines is 2. The first-order chi connectivity index (χ1) is 8.60. The summed E-state index contributed by atoms with van der Waals surface area (Å²) in [5.41, 5.74) is 3.90. The van der Waals surface area contributed by atoms with E-state index in [1.807, 2.05) is 13.8 Å². The van der Waals surface area contributed by atoms with Crippen LogP contribution in [0.5, 0.6) is 0 Å². The lowest BCUT2D eigenvalue weighted by Crippen LogP contribution is -1.98. The number of aryl methyl sites for hydroxylation is 2. The molecule has 2 rings (SSSR count). The highest BCUT2D eigenvalue weighted by Gasteiger charge is 2.05. The Labute approximate surface area is 115 Å². The largest absolute Gasteiger partial charge is 0.340 e. The van der Waals surface area contributed by atoms with Gasteiger partial charge in [0.2, 0.25) is 0 Å². The Morgan fingerprint density at radius 2 is 1.89 bits per heavy atom. The van der Waals surface area contributed by atoms with Crippen LogP contribution in [0.2, 0.25) is 0 Å². The first-order valence-corrected chi connectivity index (χ1v) is 6.29. The van der Waals surface area contributed by atoms with Crippen LogP contribution < -0.4 is 5.32 Å². The second-order valence-electron chi connectivity index (χ2n) is 4.08. The maximum atomic E-state index is 8.72. The van der Waals surface area contributed by atoms with Crippen molar-refractivity contribution >= 4 is 27.4 Å². The molecule has 0 fully saturated rings. The quantitative estimate of drug-likeness (QED) is 0.909. The second kappa shape index (κ2) is 5.19. The molecule has 0 saturated heterocycles. The van der Waals surface area contributed by atoms with Crippen LogP contribution >= 0.6 is 15.9 Å². The summed E-state index contributed by atoms with van der Waals surface area (Å²) in [4.78, 5) is 4.20. The minimum absolute atomic E-state index is 0.560. The third kappa shape index (κ3) is 2.69. The topological polar surface area (TPSA) is 48.7 Å². The summed E-state index contributed by atoms with van der Waals surface area (Å²) in [6.45, 7) is 4.09. The van der Waals surface area contributed by atoms with E-state index in [1.54, 1.807) is 18.3 Å². The van der Waals surface area contributed by atoms with Crippen LogP contribution in [0.4, 0.5) is 11.5 Å². The average molecular weight is 302 g/mol. The van der Waals surface area contributed by atoms with Gasteiger partial charge in [0.05, 0.1) is 5.56 Å². The lowest BCUT2D eigenvalue weighted by atomic mass is 10.1. The van der Waals surface area contributed by atoms with E-state index in [1.165, 1.54) is 0 Å². The lowest BCUT2D eigenvalue weighted by Gasteiger charge is -2.12. The Kier molecular flexibility index (Phi) is 3.63. The first kappa shape index (κ1) is 12.6. The molecule has 0 radical (unpaired) electrons. The fourth-order valence-corrected chi connectivity index (χ4v) is 2.46. The van der Waals surface area contributed by atoms with Crippen molar-refractivity contribution in [2.75, 3.05) is 5.32 Å². The molecule has 4 heteroatoms. The maximum Gasteiger partial charge on any atom is 0.130 e. The van der Waals surface area contributed by atoms with Crippen molar-refractivity contribution in [2.24, 2.45) is 0 Å². The zero-order valence-corrected chi connectivity index (χ0v) is 11.7. The van der Waals surface area contributed by atoms with Crippen LogP contribution in [0.1, 0.15) is 16.7 Å². The first-order valence-electron chi connectivity index (χ1n) is 5.50. The van der Waals surface area contributed by atoms with Gasteiger partial charge in [-0.2, -0.15) is 5.26 Å². The molecular formula is C14H12BrN3. The van der Waals surface area contributed by atoms with E-state index >= 15 is 0 Å². The summed E-state index contributed by atoms with van der Waals surface area (Å²) in [5.74, 6) is 0.738. The Morgan fingerprint density at radius 3 is 2.39 bits per heavy atom. The van der Waals surface area contributed by atoms with Crippen LogP contribution in [-0.2, 0) is 0 Å². The van der Waals surface area contributed by atoms with Gasteiger partial charge in [-0.15, -0.1) is 0 Å². The third-order valence-corrected chi connectivity index (χ3v) is 3.10. The van der Waals surface area contributed by atoms with E-state index in [-0.39, 0.29) is 0 Å². The summed E-state index contributed by atoms with van der Waals surface area (Å²) in [6.07, 6.45) is 1.56. The smallest absolute Gasteiger partial charge is 0.130 e. The van der Waals surface area contributed by atoms with Gasteiger partial charge in [0.15, 0.2) is 0 Å². The van der Waals surface area contributed by atoms with E-state index in [2.05, 4.69) is 44.4 Å². The van der Waals surface area contributed by atoms with Gasteiger partial charge >= 0.3 is 0 Å². The molecule has 1 aromatic carbocycles. The molecule has 0 aliphatic heterocycles.